The first kappa shape index (κ1) is 14.6. The van der Waals surface area contributed by atoms with Crippen molar-refractivity contribution in [3.05, 3.63) is 59.4 Å². The molecule has 0 amide bonds. The fourth-order valence-electron chi connectivity index (χ4n) is 2.03. The summed E-state index contributed by atoms with van der Waals surface area (Å²) in [6.45, 7) is 0. The number of allylic oxidation sites excluding steroid dienone is 1. The third-order valence-electron chi connectivity index (χ3n) is 3.02. The number of rotatable bonds is 4. The van der Waals surface area contributed by atoms with E-state index in [1.54, 1.807) is 42.5 Å². The largest absolute Gasteiger partial charge is 0.493 e. The van der Waals surface area contributed by atoms with Crippen LogP contribution in [0, 0.1) is 17.1 Å². The molecular weight excluding hydrogens is 269 g/mol. The molecule has 3 nitrogen and oxygen atoms in total. The summed E-state index contributed by atoms with van der Waals surface area (Å²) in [6, 6.07) is 13.5. The Morgan fingerprint density at radius 2 is 1.86 bits per heavy atom. The van der Waals surface area contributed by atoms with Gasteiger partial charge in [-0.25, -0.2) is 4.39 Å². The highest BCUT2D eigenvalue weighted by molar-refractivity contribution is 5.91. The monoisotopic (exact) mass is 283 g/mol. The highest BCUT2D eigenvalue weighted by Gasteiger charge is 2.11. The number of nitrogens with zero attached hydrogens (tertiary/aromatic N) is 1. The summed E-state index contributed by atoms with van der Waals surface area (Å²) in [7, 11) is 3.05. The lowest BCUT2D eigenvalue weighted by molar-refractivity contribution is 0.354. The number of hydrogen-bond donors (Lipinski definition) is 0. The number of halogens is 1. The zero-order valence-corrected chi connectivity index (χ0v) is 11.8. The van der Waals surface area contributed by atoms with Crippen LogP contribution < -0.4 is 9.47 Å². The Hall–Kier alpha value is -2.80. The average Bonchev–Trinajstić information content (AvgIpc) is 2.52. The standard InChI is InChI=1S/C17H14FNO2/c1-20-16-9-5-6-12(17(16)21-2)10-13(11-19)14-7-3-4-8-15(14)18/h3-10H,1-2H3. The van der Waals surface area contributed by atoms with Gasteiger partial charge in [0.2, 0.25) is 0 Å². The Labute approximate surface area is 122 Å². The van der Waals surface area contributed by atoms with Crippen molar-refractivity contribution in [2.45, 2.75) is 0 Å². The van der Waals surface area contributed by atoms with Gasteiger partial charge >= 0.3 is 0 Å². The lowest BCUT2D eigenvalue weighted by atomic mass is 10.0. The zero-order valence-electron chi connectivity index (χ0n) is 11.8. The van der Waals surface area contributed by atoms with Crippen molar-refractivity contribution < 1.29 is 13.9 Å². The molecule has 2 aromatic carbocycles. The van der Waals surface area contributed by atoms with Gasteiger partial charge in [-0.2, -0.15) is 5.26 Å². The molecule has 0 radical (unpaired) electrons. The second-order valence-electron chi connectivity index (χ2n) is 4.23. The first-order chi connectivity index (χ1) is 10.2. The molecule has 0 fully saturated rings. The Morgan fingerprint density at radius 3 is 2.48 bits per heavy atom. The van der Waals surface area contributed by atoms with Crippen molar-refractivity contribution in [3.63, 3.8) is 0 Å². The number of para-hydroxylation sites is 1. The van der Waals surface area contributed by atoms with E-state index in [1.807, 2.05) is 6.07 Å². The molecule has 0 aliphatic heterocycles. The van der Waals surface area contributed by atoms with E-state index in [0.29, 0.717) is 17.1 Å². The minimum absolute atomic E-state index is 0.222. The van der Waals surface area contributed by atoms with Crippen LogP contribution >= 0.6 is 0 Å². The Morgan fingerprint density at radius 1 is 1.10 bits per heavy atom. The maximum atomic E-state index is 13.8. The second kappa shape index (κ2) is 6.58. The molecule has 0 bridgehead atoms. The van der Waals surface area contributed by atoms with E-state index in [4.69, 9.17) is 9.47 Å². The summed E-state index contributed by atoms with van der Waals surface area (Å²) in [6.07, 6.45) is 1.58. The summed E-state index contributed by atoms with van der Waals surface area (Å²) < 4.78 is 24.3. The van der Waals surface area contributed by atoms with E-state index in [2.05, 4.69) is 0 Å². The predicted molar refractivity (Wildman–Crippen MR) is 79.4 cm³/mol. The molecule has 0 spiro atoms. The van der Waals surface area contributed by atoms with Gasteiger partial charge in [-0.3, -0.25) is 0 Å². The topological polar surface area (TPSA) is 42.2 Å². The molecule has 0 aliphatic rings. The molecule has 21 heavy (non-hydrogen) atoms. The molecule has 2 aromatic rings. The predicted octanol–water partition coefficient (Wildman–Crippen LogP) is 3.91. The van der Waals surface area contributed by atoms with E-state index in [-0.39, 0.29) is 11.1 Å². The number of hydrogen-bond acceptors (Lipinski definition) is 3. The van der Waals surface area contributed by atoms with Gasteiger partial charge in [0.25, 0.3) is 0 Å². The summed E-state index contributed by atoms with van der Waals surface area (Å²) in [5.74, 6) is 0.619. The number of ether oxygens (including phenoxy) is 2. The van der Waals surface area contributed by atoms with Crippen LogP contribution in [0.5, 0.6) is 11.5 Å². The van der Waals surface area contributed by atoms with Gasteiger partial charge in [0.05, 0.1) is 25.9 Å². The summed E-state index contributed by atoms with van der Waals surface area (Å²) >= 11 is 0. The lowest BCUT2D eigenvalue weighted by Crippen LogP contribution is -1.93. The molecule has 0 saturated carbocycles. The molecule has 0 aromatic heterocycles. The Kier molecular flexibility index (Phi) is 4.57. The van der Waals surface area contributed by atoms with Crippen LogP contribution in [0.15, 0.2) is 42.5 Å². The molecule has 0 saturated heterocycles. The highest BCUT2D eigenvalue weighted by atomic mass is 19.1. The number of benzene rings is 2. The van der Waals surface area contributed by atoms with Gasteiger partial charge in [-0.15, -0.1) is 0 Å². The molecular formula is C17H14FNO2. The second-order valence-corrected chi connectivity index (χ2v) is 4.23. The average molecular weight is 283 g/mol. The van der Waals surface area contributed by atoms with Gasteiger partial charge in [0.15, 0.2) is 11.5 Å². The van der Waals surface area contributed by atoms with Crippen molar-refractivity contribution in [3.8, 4) is 17.6 Å². The van der Waals surface area contributed by atoms with Gasteiger partial charge in [-0.05, 0) is 18.2 Å². The van der Waals surface area contributed by atoms with Crippen molar-refractivity contribution in [2.24, 2.45) is 0 Å². The van der Waals surface area contributed by atoms with E-state index in [9.17, 15) is 9.65 Å². The fourth-order valence-corrected chi connectivity index (χ4v) is 2.03. The summed E-state index contributed by atoms with van der Waals surface area (Å²) in [5.41, 5.74) is 1.13. The summed E-state index contributed by atoms with van der Waals surface area (Å²) in [5, 5.41) is 9.30. The van der Waals surface area contributed by atoms with Crippen LogP contribution in [0.4, 0.5) is 4.39 Å². The van der Waals surface area contributed by atoms with Crippen LogP contribution in [-0.2, 0) is 0 Å². The summed E-state index contributed by atoms with van der Waals surface area (Å²) in [4.78, 5) is 0. The van der Waals surface area contributed by atoms with Crippen molar-refractivity contribution in [1.29, 1.82) is 5.26 Å². The molecule has 0 unspecified atom stereocenters. The van der Waals surface area contributed by atoms with Crippen molar-refractivity contribution >= 4 is 11.6 Å². The van der Waals surface area contributed by atoms with Crippen molar-refractivity contribution in [2.75, 3.05) is 14.2 Å². The smallest absolute Gasteiger partial charge is 0.167 e. The Bertz CT molecular complexity index is 717. The molecule has 106 valence electrons. The molecule has 2 rings (SSSR count). The fraction of sp³-hybridized carbons (Fsp3) is 0.118. The molecule has 0 atom stereocenters. The zero-order chi connectivity index (χ0) is 15.2. The van der Waals surface area contributed by atoms with Gasteiger partial charge in [-0.1, -0.05) is 30.3 Å². The minimum atomic E-state index is -0.438. The van der Waals surface area contributed by atoms with Crippen LogP contribution in [0.3, 0.4) is 0 Å². The third-order valence-corrected chi connectivity index (χ3v) is 3.02. The normalized spacial score (nSPS) is 10.9. The molecule has 0 aliphatic carbocycles. The van der Waals surface area contributed by atoms with Gasteiger partial charge in [0, 0.05) is 11.1 Å². The van der Waals surface area contributed by atoms with Gasteiger partial charge < -0.3 is 9.47 Å². The highest BCUT2D eigenvalue weighted by Crippen LogP contribution is 2.33. The Balaban J connectivity index is 2.57. The van der Waals surface area contributed by atoms with Gasteiger partial charge in [0.1, 0.15) is 5.82 Å². The van der Waals surface area contributed by atoms with E-state index in [1.165, 1.54) is 20.3 Å². The SMILES string of the molecule is COc1cccc(C=C(C#N)c2ccccc2F)c1OC. The first-order valence-corrected chi connectivity index (χ1v) is 6.29. The molecule has 4 heteroatoms. The van der Waals surface area contributed by atoms with Crippen LogP contribution in [0.25, 0.3) is 11.6 Å². The molecule has 0 N–H and O–H groups in total. The van der Waals surface area contributed by atoms with Crippen molar-refractivity contribution in [1.82, 2.24) is 0 Å². The van der Waals surface area contributed by atoms with E-state index < -0.39 is 5.82 Å². The van der Waals surface area contributed by atoms with Crippen LogP contribution in [-0.4, -0.2) is 14.2 Å². The first-order valence-electron chi connectivity index (χ1n) is 6.29. The minimum Gasteiger partial charge on any atom is -0.493 e. The maximum absolute atomic E-state index is 13.8. The van der Waals surface area contributed by atoms with E-state index >= 15 is 0 Å². The number of methoxy groups -OCH3 is 2. The lowest BCUT2D eigenvalue weighted by Gasteiger charge is -2.10. The molecule has 0 heterocycles. The maximum Gasteiger partial charge on any atom is 0.167 e. The third kappa shape index (κ3) is 3.03. The quantitative estimate of drug-likeness (QED) is 0.631. The number of nitriles is 1. The van der Waals surface area contributed by atoms with E-state index in [0.717, 1.165) is 0 Å². The van der Waals surface area contributed by atoms with Crippen LogP contribution in [0.1, 0.15) is 11.1 Å². The van der Waals surface area contributed by atoms with Crippen LogP contribution in [0.2, 0.25) is 0 Å².